The fourth-order valence-corrected chi connectivity index (χ4v) is 2.76. The summed E-state index contributed by atoms with van der Waals surface area (Å²) in [6, 6.07) is 10.4. The molecule has 0 atom stereocenters. The molecule has 0 aliphatic carbocycles. The predicted molar refractivity (Wildman–Crippen MR) is 74.3 cm³/mol. The summed E-state index contributed by atoms with van der Waals surface area (Å²) in [6.45, 7) is 0. The maximum Gasteiger partial charge on any atom is 0.118 e. The Morgan fingerprint density at radius 3 is 2.47 bits per heavy atom. The van der Waals surface area contributed by atoms with Gasteiger partial charge in [-0.1, -0.05) is 23.7 Å². The van der Waals surface area contributed by atoms with Crippen LogP contribution in [-0.2, 0) is 12.8 Å². The van der Waals surface area contributed by atoms with Crippen molar-refractivity contribution in [3.8, 4) is 5.75 Å². The van der Waals surface area contributed by atoms with Crippen molar-refractivity contribution >= 4 is 22.9 Å². The molecule has 0 amide bonds. The molecule has 0 saturated heterocycles. The van der Waals surface area contributed by atoms with Crippen LogP contribution < -0.4 is 4.74 Å². The van der Waals surface area contributed by atoms with Crippen LogP contribution in [0.25, 0.3) is 0 Å². The molecule has 1 aromatic heterocycles. The molecule has 0 spiro atoms. The highest BCUT2D eigenvalue weighted by Gasteiger charge is 2.01. The first-order chi connectivity index (χ1) is 8.29. The second-order valence-corrected chi connectivity index (χ2v) is 5.44. The summed E-state index contributed by atoms with van der Waals surface area (Å²) in [5, 5.41) is 2.05. The minimum atomic E-state index is 0.912. The molecule has 0 aliphatic rings. The average Bonchev–Trinajstić information content (AvgIpc) is 2.76. The molecule has 1 nitrogen and oxygen atoms in total. The van der Waals surface area contributed by atoms with E-state index in [4.69, 9.17) is 16.3 Å². The SMILES string of the molecule is COc1ccc(CCCc2ccsc2Cl)cc1. The van der Waals surface area contributed by atoms with E-state index in [0.29, 0.717) is 0 Å². The topological polar surface area (TPSA) is 9.23 Å². The summed E-state index contributed by atoms with van der Waals surface area (Å²) < 4.78 is 6.06. The number of ether oxygens (including phenoxy) is 1. The zero-order valence-corrected chi connectivity index (χ0v) is 11.4. The maximum atomic E-state index is 6.06. The first-order valence-electron chi connectivity index (χ1n) is 5.64. The second kappa shape index (κ2) is 6.08. The first kappa shape index (κ1) is 12.5. The lowest BCUT2D eigenvalue weighted by molar-refractivity contribution is 0.414. The quantitative estimate of drug-likeness (QED) is 0.769. The van der Waals surface area contributed by atoms with E-state index in [1.165, 1.54) is 11.1 Å². The van der Waals surface area contributed by atoms with Crippen LogP contribution in [0.1, 0.15) is 17.5 Å². The van der Waals surface area contributed by atoms with Gasteiger partial charge in [-0.25, -0.2) is 0 Å². The van der Waals surface area contributed by atoms with Crippen molar-refractivity contribution in [3.05, 3.63) is 51.2 Å². The van der Waals surface area contributed by atoms with Gasteiger partial charge < -0.3 is 4.74 Å². The van der Waals surface area contributed by atoms with E-state index in [1.54, 1.807) is 18.4 Å². The van der Waals surface area contributed by atoms with Crippen molar-refractivity contribution in [2.24, 2.45) is 0 Å². The van der Waals surface area contributed by atoms with Gasteiger partial charge in [0, 0.05) is 0 Å². The number of hydrogen-bond acceptors (Lipinski definition) is 2. The van der Waals surface area contributed by atoms with Gasteiger partial charge >= 0.3 is 0 Å². The Morgan fingerprint density at radius 1 is 1.12 bits per heavy atom. The Morgan fingerprint density at radius 2 is 1.88 bits per heavy atom. The van der Waals surface area contributed by atoms with Crippen molar-refractivity contribution < 1.29 is 4.74 Å². The number of methoxy groups -OCH3 is 1. The molecule has 1 aromatic carbocycles. The maximum absolute atomic E-state index is 6.06. The zero-order valence-electron chi connectivity index (χ0n) is 9.78. The lowest BCUT2D eigenvalue weighted by Crippen LogP contribution is -1.90. The third-order valence-corrected chi connectivity index (χ3v) is 4.02. The Hall–Kier alpha value is -0.990. The monoisotopic (exact) mass is 266 g/mol. The third-order valence-electron chi connectivity index (χ3n) is 2.76. The highest BCUT2D eigenvalue weighted by molar-refractivity contribution is 7.14. The van der Waals surface area contributed by atoms with Crippen molar-refractivity contribution in [1.82, 2.24) is 0 Å². The standard InChI is InChI=1S/C14H15ClOS/c1-16-13-7-5-11(6-8-13)3-2-4-12-9-10-17-14(12)15/h5-10H,2-4H2,1H3. The smallest absolute Gasteiger partial charge is 0.118 e. The van der Waals surface area contributed by atoms with Gasteiger partial charge in [0.25, 0.3) is 0 Å². The molecule has 0 unspecified atom stereocenters. The minimum absolute atomic E-state index is 0.912. The summed E-state index contributed by atoms with van der Waals surface area (Å²) in [5.74, 6) is 0.912. The normalized spacial score (nSPS) is 10.5. The van der Waals surface area contributed by atoms with Crippen LogP contribution in [0.3, 0.4) is 0 Å². The van der Waals surface area contributed by atoms with Crippen molar-refractivity contribution in [2.75, 3.05) is 7.11 Å². The van der Waals surface area contributed by atoms with Gasteiger partial charge in [-0.3, -0.25) is 0 Å². The summed E-state index contributed by atoms with van der Waals surface area (Å²) in [5.41, 5.74) is 2.61. The van der Waals surface area contributed by atoms with Crippen molar-refractivity contribution in [2.45, 2.75) is 19.3 Å². The van der Waals surface area contributed by atoms with Gasteiger partial charge in [-0.05, 0) is 54.0 Å². The van der Waals surface area contributed by atoms with Gasteiger partial charge in [0.1, 0.15) is 5.75 Å². The fraction of sp³-hybridized carbons (Fsp3) is 0.286. The van der Waals surface area contributed by atoms with E-state index < -0.39 is 0 Å². The lowest BCUT2D eigenvalue weighted by atomic mass is 10.1. The molecule has 2 aromatic rings. The molecule has 0 bridgehead atoms. The van der Waals surface area contributed by atoms with Gasteiger partial charge in [-0.2, -0.15) is 0 Å². The molecule has 17 heavy (non-hydrogen) atoms. The molecule has 0 saturated carbocycles. The molecule has 0 N–H and O–H groups in total. The van der Waals surface area contributed by atoms with Gasteiger partial charge in [0.2, 0.25) is 0 Å². The van der Waals surface area contributed by atoms with Gasteiger partial charge in [-0.15, -0.1) is 11.3 Å². The summed E-state index contributed by atoms with van der Waals surface area (Å²) >= 11 is 7.67. The number of rotatable bonds is 5. The van der Waals surface area contributed by atoms with Crippen LogP contribution in [0.2, 0.25) is 4.34 Å². The Kier molecular flexibility index (Phi) is 4.46. The number of hydrogen-bond donors (Lipinski definition) is 0. The number of benzene rings is 1. The fourth-order valence-electron chi connectivity index (χ4n) is 1.77. The van der Waals surface area contributed by atoms with Crippen LogP contribution in [-0.4, -0.2) is 7.11 Å². The highest BCUT2D eigenvalue weighted by atomic mass is 35.5. The van der Waals surface area contributed by atoms with Crippen molar-refractivity contribution in [1.29, 1.82) is 0 Å². The van der Waals surface area contributed by atoms with E-state index in [2.05, 4.69) is 18.2 Å². The van der Waals surface area contributed by atoms with Gasteiger partial charge in [0.05, 0.1) is 11.4 Å². The van der Waals surface area contributed by atoms with E-state index in [1.807, 2.05) is 17.5 Å². The lowest BCUT2D eigenvalue weighted by Gasteiger charge is -2.03. The largest absolute Gasteiger partial charge is 0.497 e. The predicted octanol–water partition coefficient (Wildman–Crippen LogP) is 4.59. The summed E-state index contributed by atoms with van der Waals surface area (Å²) in [6.07, 6.45) is 3.26. The van der Waals surface area contributed by atoms with Gasteiger partial charge in [0.15, 0.2) is 0 Å². The van der Waals surface area contributed by atoms with Crippen LogP contribution in [0.4, 0.5) is 0 Å². The molecule has 0 fully saturated rings. The Balaban J connectivity index is 1.83. The second-order valence-electron chi connectivity index (χ2n) is 3.92. The molecule has 1 heterocycles. The molecule has 0 aliphatic heterocycles. The highest BCUT2D eigenvalue weighted by Crippen LogP contribution is 2.24. The number of halogens is 1. The van der Waals surface area contributed by atoms with E-state index >= 15 is 0 Å². The minimum Gasteiger partial charge on any atom is -0.497 e. The van der Waals surface area contributed by atoms with Crippen molar-refractivity contribution in [3.63, 3.8) is 0 Å². The Labute approximate surface area is 111 Å². The van der Waals surface area contributed by atoms with E-state index in [9.17, 15) is 0 Å². The van der Waals surface area contributed by atoms with E-state index in [0.717, 1.165) is 29.3 Å². The third kappa shape index (κ3) is 3.48. The van der Waals surface area contributed by atoms with Crippen LogP contribution >= 0.6 is 22.9 Å². The molecule has 3 heteroatoms. The summed E-state index contributed by atoms with van der Waals surface area (Å²) in [4.78, 5) is 0. The molecule has 0 radical (unpaired) electrons. The Bertz CT molecular complexity index is 461. The number of aryl methyl sites for hydroxylation is 2. The molecule has 90 valence electrons. The van der Waals surface area contributed by atoms with Crippen LogP contribution in [0, 0.1) is 0 Å². The van der Waals surface area contributed by atoms with Crippen LogP contribution in [0.15, 0.2) is 35.7 Å². The molecule has 2 rings (SSSR count). The van der Waals surface area contributed by atoms with E-state index in [-0.39, 0.29) is 0 Å². The molecular formula is C14H15ClOS. The molecular weight excluding hydrogens is 252 g/mol. The summed E-state index contributed by atoms with van der Waals surface area (Å²) in [7, 11) is 1.69. The zero-order chi connectivity index (χ0) is 12.1. The van der Waals surface area contributed by atoms with Crippen LogP contribution in [0.5, 0.6) is 5.75 Å². The first-order valence-corrected chi connectivity index (χ1v) is 6.90. The number of thiophene rings is 1. The average molecular weight is 267 g/mol.